The Balaban J connectivity index is 0.000000201. The number of anilines is 4. The monoisotopic (exact) mass is 1980 g/mol. The van der Waals surface area contributed by atoms with Gasteiger partial charge in [0.05, 0.1) is 50.9 Å². The predicted molar refractivity (Wildman–Crippen MR) is 547 cm³/mol. The maximum absolute atomic E-state index is 13.2. The number of nitrogens with two attached hydrogens (primary N) is 2. The zero-order valence-electron chi connectivity index (χ0n) is 80.7. The number of carbonyl (C=O) groups excluding carboxylic acids is 4. The fraction of sp³-hybridized carbons (Fsp3) is 0.286. The molecule has 0 saturated carbocycles. The summed E-state index contributed by atoms with van der Waals surface area (Å²) in [4.78, 5) is 82.6. The molecule has 1 aliphatic rings. The lowest BCUT2D eigenvalue weighted by atomic mass is 9.76. The maximum Gasteiger partial charge on any atom is 0.493 e. The number of alkyl halides is 2. The van der Waals surface area contributed by atoms with Crippen LogP contribution in [0.15, 0.2) is 286 Å². The lowest BCUT2D eigenvalue weighted by Crippen LogP contribution is -2.47. The third-order valence-corrected chi connectivity index (χ3v) is 20.0. The molecule has 0 bridgehead atoms. The summed E-state index contributed by atoms with van der Waals surface area (Å²) in [5.74, 6) is 5.26. The third kappa shape index (κ3) is 34.6. The second-order valence-electron chi connectivity index (χ2n) is 36.4. The van der Waals surface area contributed by atoms with Crippen molar-refractivity contribution < 1.29 is 79.7 Å². The van der Waals surface area contributed by atoms with E-state index in [-0.39, 0.29) is 58.3 Å². The summed E-state index contributed by atoms with van der Waals surface area (Å²) >= 11 is 11.6. The van der Waals surface area contributed by atoms with Gasteiger partial charge in [-0.1, -0.05) is 157 Å². The zero-order chi connectivity index (χ0) is 99.3. The Labute approximate surface area is 844 Å². The van der Waals surface area contributed by atoms with Crippen molar-refractivity contribution in [1.29, 1.82) is 0 Å². The van der Waals surface area contributed by atoms with Crippen molar-refractivity contribution in [2.45, 2.75) is 178 Å². The highest BCUT2D eigenvalue weighted by Gasteiger charge is 2.39. The van der Waals surface area contributed by atoms with E-state index >= 15 is 0 Å². The number of ether oxygens (including phenoxy) is 7. The van der Waals surface area contributed by atoms with Gasteiger partial charge in [0.2, 0.25) is 17.6 Å². The van der Waals surface area contributed by atoms with Crippen molar-refractivity contribution in [2.24, 2.45) is 5.41 Å². The molecular formula is C105H115B2Cl3N15O17. The molecule has 4 N–H and O–H groups in total. The average molecular weight is 1990 g/mol. The minimum Gasteiger partial charge on any atom is -0.473 e. The number of carbonyl (C=O) groups is 4. The molecule has 3 radical (unpaired) electrons. The first-order valence-electron chi connectivity index (χ1n) is 44.4. The highest BCUT2D eigenvalue weighted by Crippen LogP contribution is 2.36. The maximum atomic E-state index is 13.2. The van der Waals surface area contributed by atoms with Crippen molar-refractivity contribution in [2.75, 3.05) is 34.5 Å². The molecule has 0 spiro atoms. The molecule has 0 aliphatic carbocycles. The van der Waals surface area contributed by atoms with Crippen LogP contribution in [0, 0.1) is 5.41 Å². The lowest BCUT2D eigenvalue weighted by molar-refractivity contribution is 0.0343. The van der Waals surface area contributed by atoms with Gasteiger partial charge >= 0.3 is 31.5 Å². The number of imide groups is 2. The first-order valence-corrected chi connectivity index (χ1v) is 45.5. The van der Waals surface area contributed by atoms with E-state index < -0.39 is 46.8 Å². The molecule has 11 aromatic heterocycles. The van der Waals surface area contributed by atoms with Crippen molar-refractivity contribution in [3.05, 3.63) is 330 Å². The number of benzene rings is 4. The molecule has 12 heterocycles. The van der Waals surface area contributed by atoms with Crippen molar-refractivity contribution in [3.8, 4) is 62.9 Å². The van der Waals surface area contributed by atoms with E-state index in [2.05, 4.69) is 81.5 Å². The first-order chi connectivity index (χ1) is 66.4. The Hall–Kier alpha value is -14.8. The van der Waals surface area contributed by atoms with Crippen molar-refractivity contribution >= 4 is 104 Å². The van der Waals surface area contributed by atoms with Gasteiger partial charge in [0.25, 0.3) is 0 Å². The molecule has 739 valence electrons. The van der Waals surface area contributed by atoms with Crippen LogP contribution in [0.4, 0.5) is 42.4 Å². The number of aromatic nitrogens is 11. The highest BCUT2D eigenvalue weighted by molar-refractivity contribution is 6.61. The number of hydrogen-bond donors (Lipinski definition) is 2. The second kappa shape index (κ2) is 51.9. The summed E-state index contributed by atoms with van der Waals surface area (Å²) in [6, 6.07) is 70.3. The molecule has 0 atom stereocenters. The third-order valence-electron chi connectivity index (χ3n) is 19.4. The number of pyridine rings is 7. The van der Waals surface area contributed by atoms with E-state index in [0.29, 0.717) is 133 Å². The van der Waals surface area contributed by atoms with Gasteiger partial charge in [-0.15, -0.1) is 35.6 Å². The Kier molecular flexibility index (Phi) is 40.5. The Morgan fingerprint density at radius 2 is 0.634 bits per heavy atom. The Bertz CT molecular complexity index is 6400. The molecule has 4 amide bonds. The van der Waals surface area contributed by atoms with E-state index in [4.69, 9.17) is 95.2 Å². The molecule has 142 heavy (non-hydrogen) atoms. The zero-order valence-corrected chi connectivity index (χ0v) is 83.0. The van der Waals surface area contributed by atoms with Crippen LogP contribution in [0.1, 0.15) is 166 Å². The molecule has 0 unspecified atom stereocenters. The topological polar surface area (TPSA) is 404 Å². The van der Waals surface area contributed by atoms with Crippen LogP contribution in [-0.2, 0) is 79.1 Å². The predicted octanol–water partition coefficient (Wildman–Crippen LogP) is 22.8. The normalized spacial score (nSPS) is 12.0. The number of nitrogen functional groups attached to an aromatic ring is 2. The molecule has 4 aromatic carbocycles. The van der Waals surface area contributed by atoms with Gasteiger partial charge in [-0.3, -0.25) is 0 Å². The molecule has 37 heteroatoms. The number of rotatable bonds is 24. The van der Waals surface area contributed by atoms with E-state index in [1.807, 2.05) is 176 Å². The summed E-state index contributed by atoms with van der Waals surface area (Å²) in [6.45, 7) is 27.5. The molecule has 1 saturated heterocycles. The standard InChI is InChI=1S/C31H34N4O6.C21H18N4O2.C19H24ClN3O5.C17H20BNO3.C16H14ClN3O.CH4.B.ClH/c1-30(2,3)39-28(36)35(29(37)40-31(4,5)6)27-24(10-9-17-33-27)25-19-23(34-41-25)18-21-12-14-22(15-13-21)20-38-26-11-7-8-16-32-26;22-21-18(4-3-11-24-21)19-13-17(25-27-19)12-15-6-8-16(9-7-15)14-26-20-5-1-2-10-23-20;1-18(2,3)26-16(24)23(17(25)27-19(4,5)6)15-13(8-7-9-21-15)14-10-12(11-20)22-28-14;1-17(2)12-21-18(22-13-17)15-8-6-14(7-9-15)11-20-16-5-3-4-10-19-16;17-10-12-5-3-11(4-6-12)8-13-9-15(21-20-13)14-2-1-7-19-16(14)18;;;/h7-17,19H,18,20H2,1-6H3;1-11,13H,12,14H2,(H2,22,24);7-10H,11H2,1-6H3;3-10H,11-13H2,1-2H3;1-7,9H,8,10H2,(H2,18,19);1H4;;1H. The van der Waals surface area contributed by atoms with E-state index in [0.717, 1.165) is 76.7 Å². The van der Waals surface area contributed by atoms with Crippen LogP contribution in [0.3, 0.4) is 0 Å². The van der Waals surface area contributed by atoms with Crippen LogP contribution < -0.4 is 40.9 Å². The van der Waals surface area contributed by atoms with E-state index in [1.165, 1.54) is 12.4 Å². The number of nitrogens with zero attached hydrogens (tertiary/aromatic N) is 13. The second-order valence-corrected chi connectivity index (χ2v) is 37.0. The highest BCUT2D eigenvalue weighted by atomic mass is 35.5. The van der Waals surface area contributed by atoms with E-state index in [1.54, 1.807) is 150 Å². The molecule has 1 fully saturated rings. The van der Waals surface area contributed by atoms with Crippen LogP contribution in [-0.4, -0.2) is 131 Å². The Morgan fingerprint density at radius 1 is 0.359 bits per heavy atom. The van der Waals surface area contributed by atoms with Crippen LogP contribution in [0.25, 0.3) is 45.3 Å². The largest absolute Gasteiger partial charge is 0.493 e. The van der Waals surface area contributed by atoms with Crippen molar-refractivity contribution in [1.82, 2.24) is 55.5 Å². The summed E-state index contributed by atoms with van der Waals surface area (Å²) in [5.41, 5.74) is 22.2. The van der Waals surface area contributed by atoms with Crippen molar-refractivity contribution in [3.63, 3.8) is 0 Å². The molecular weight excluding hydrogens is 1870 g/mol. The smallest absolute Gasteiger partial charge is 0.473 e. The molecule has 16 rings (SSSR count). The fourth-order valence-electron chi connectivity index (χ4n) is 12.9. The van der Waals surface area contributed by atoms with E-state index in [9.17, 15) is 19.2 Å². The molecule has 1 aliphatic heterocycles. The number of amides is 4. The van der Waals surface area contributed by atoms with Gasteiger partial charge < -0.3 is 72.0 Å². The average Bonchev–Trinajstić information content (AvgIpc) is 1.34. The van der Waals surface area contributed by atoms with Crippen LogP contribution in [0.2, 0.25) is 0 Å². The van der Waals surface area contributed by atoms with Crippen LogP contribution in [0.5, 0.6) is 17.6 Å². The Morgan fingerprint density at radius 3 is 0.923 bits per heavy atom. The number of hydrogen-bond acceptors (Lipinski definition) is 30. The SMILES string of the molecule is C.CC(C)(C)OC(=O)N(C(=O)OC(C)(C)C)c1ncccc1-c1cc(CCl)no1.CC(C)(C)OC(=O)N(C(=O)OC(C)(C)C)c1ncccc1-c1cc(Cc2ccc(COc3ccccn3)cc2)no1.CC1(C)COB(c2ccc(COc3ccccn3)cc2)OC1.Cl.Nc1ncccc1-c1cc(Cc2ccc(CCl)cc2)no1.Nc1ncccc1-c1cc(Cc2ccc(COc3ccccn3)cc2)no1.[B]. The van der Waals surface area contributed by atoms with Crippen LogP contribution >= 0.6 is 35.6 Å². The summed E-state index contributed by atoms with van der Waals surface area (Å²) in [6.07, 6.45) is 9.53. The summed E-state index contributed by atoms with van der Waals surface area (Å²) in [5, 5.41) is 16.3. The minimum atomic E-state index is -0.918. The number of halogens is 3. The van der Waals surface area contributed by atoms with Gasteiger partial charge in [-0.05, 0) is 194 Å². The summed E-state index contributed by atoms with van der Waals surface area (Å²) in [7, 11) is -0.265. The van der Waals surface area contributed by atoms with Gasteiger partial charge in [-0.2, -0.15) is 9.80 Å². The minimum absolute atomic E-state index is 0. The molecule has 15 aromatic rings. The van der Waals surface area contributed by atoms with Gasteiger partial charge in [0.1, 0.15) is 53.9 Å². The van der Waals surface area contributed by atoms with Gasteiger partial charge in [0.15, 0.2) is 34.7 Å². The summed E-state index contributed by atoms with van der Waals surface area (Å²) < 4.78 is 72.0. The lowest BCUT2D eigenvalue weighted by Gasteiger charge is -2.33. The first kappa shape index (κ1) is 111. The van der Waals surface area contributed by atoms with Gasteiger partial charge in [0, 0.05) is 138 Å². The quantitative estimate of drug-likeness (QED) is 0.0322. The fourth-order valence-corrected chi connectivity index (χ4v) is 13.2. The molecule has 32 nitrogen and oxygen atoms in total. The van der Waals surface area contributed by atoms with Gasteiger partial charge in [-0.25, -0.2) is 54.1 Å².